The Bertz CT molecular complexity index is 760. The van der Waals surface area contributed by atoms with E-state index < -0.39 is 10.0 Å². The molecule has 7 heteroatoms. The number of nitrogens with zero attached hydrogens (tertiary/aromatic N) is 1. The van der Waals surface area contributed by atoms with Crippen LogP contribution in [-0.4, -0.2) is 51.0 Å². The Balaban J connectivity index is 1.56. The second-order valence-corrected chi connectivity index (χ2v) is 9.32. The Morgan fingerprint density at radius 2 is 1.74 bits per heavy atom. The third kappa shape index (κ3) is 5.40. The van der Waals surface area contributed by atoms with Gasteiger partial charge >= 0.3 is 0 Å². The van der Waals surface area contributed by atoms with E-state index in [1.807, 2.05) is 0 Å². The van der Waals surface area contributed by atoms with Gasteiger partial charge in [0.1, 0.15) is 0 Å². The molecule has 1 aliphatic heterocycles. The van der Waals surface area contributed by atoms with Gasteiger partial charge in [0.15, 0.2) is 0 Å². The number of hydrogen-bond acceptors (Lipinski definition) is 4. The highest BCUT2D eigenvalue weighted by molar-refractivity contribution is 7.89. The number of nitrogens with one attached hydrogen (secondary N) is 1. The number of benzene rings is 1. The Morgan fingerprint density at radius 1 is 1.11 bits per heavy atom. The number of morpholine rings is 1. The minimum Gasteiger partial charge on any atom is -0.379 e. The summed E-state index contributed by atoms with van der Waals surface area (Å²) in [6, 6.07) is 6.88. The molecule has 2 fully saturated rings. The summed E-state index contributed by atoms with van der Waals surface area (Å²) in [5, 5.41) is 3.05. The molecule has 0 radical (unpaired) electrons. The summed E-state index contributed by atoms with van der Waals surface area (Å²) < 4.78 is 31.8. The smallest absolute Gasteiger partial charge is 0.244 e. The first kappa shape index (κ1) is 20.0. The molecule has 0 bridgehead atoms. The second-order valence-electron chi connectivity index (χ2n) is 7.38. The van der Waals surface area contributed by atoms with Gasteiger partial charge in [-0.2, -0.15) is 4.31 Å². The molecule has 1 heterocycles. The van der Waals surface area contributed by atoms with Crippen molar-refractivity contribution < 1.29 is 17.9 Å². The van der Waals surface area contributed by atoms with Crippen LogP contribution in [0.25, 0.3) is 6.08 Å². The summed E-state index contributed by atoms with van der Waals surface area (Å²) in [6.07, 6.45) is 7.63. The van der Waals surface area contributed by atoms with Crippen molar-refractivity contribution in [2.24, 2.45) is 5.92 Å². The van der Waals surface area contributed by atoms with Gasteiger partial charge in [0.2, 0.25) is 15.9 Å². The topological polar surface area (TPSA) is 75.7 Å². The molecule has 1 N–H and O–H groups in total. The molecule has 3 rings (SSSR count). The van der Waals surface area contributed by atoms with Crippen LogP contribution in [0.3, 0.4) is 0 Å². The van der Waals surface area contributed by atoms with Crippen LogP contribution in [0.5, 0.6) is 0 Å². The third-order valence-corrected chi connectivity index (χ3v) is 7.19. The summed E-state index contributed by atoms with van der Waals surface area (Å²) >= 11 is 0. The average Bonchev–Trinajstić information content (AvgIpc) is 2.69. The van der Waals surface area contributed by atoms with Crippen LogP contribution in [0, 0.1) is 5.92 Å². The largest absolute Gasteiger partial charge is 0.379 e. The van der Waals surface area contributed by atoms with Gasteiger partial charge in [-0.3, -0.25) is 4.79 Å². The van der Waals surface area contributed by atoms with Crippen LogP contribution >= 0.6 is 0 Å². The van der Waals surface area contributed by atoms with Crippen LogP contribution in [0.1, 0.15) is 38.2 Å². The molecule has 1 amide bonds. The zero-order valence-corrected chi connectivity index (χ0v) is 16.6. The lowest BCUT2D eigenvalue weighted by atomic mass is 9.87. The highest BCUT2D eigenvalue weighted by Gasteiger charge is 2.26. The summed E-state index contributed by atoms with van der Waals surface area (Å²) in [5.41, 5.74) is 0.795. The highest BCUT2D eigenvalue weighted by atomic mass is 32.2. The Morgan fingerprint density at radius 3 is 2.37 bits per heavy atom. The van der Waals surface area contributed by atoms with Gasteiger partial charge in [-0.05, 0) is 55.4 Å². The van der Waals surface area contributed by atoms with Gasteiger partial charge in [-0.25, -0.2) is 8.42 Å². The zero-order chi connectivity index (χ0) is 19.3. The Kier molecular flexibility index (Phi) is 6.68. The quantitative estimate of drug-likeness (QED) is 0.781. The molecule has 0 unspecified atom stereocenters. The van der Waals surface area contributed by atoms with Crippen molar-refractivity contribution in [3.8, 4) is 0 Å². The molecule has 1 aromatic rings. The third-order valence-electron chi connectivity index (χ3n) is 5.28. The van der Waals surface area contributed by atoms with Gasteiger partial charge in [-0.1, -0.05) is 19.1 Å². The van der Waals surface area contributed by atoms with Crippen molar-refractivity contribution in [1.29, 1.82) is 0 Å². The van der Waals surface area contributed by atoms with Crippen molar-refractivity contribution in [2.45, 2.75) is 43.5 Å². The van der Waals surface area contributed by atoms with Crippen LogP contribution < -0.4 is 5.32 Å². The molecule has 2 aliphatic rings. The van der Waals surface area contributed by atoms with Gasteiger partial charge in [0.05, 0.1) is 18.1 Å². The lowest BCUT2D eigenvalue weighted by Gasteiger charge is -2.26. The maximum absolute atomic E-state index is 12.6. The maximum Gasteiger partial charge on any atom is 0.244 e. The van der Waals surface area contributed by atoms with E-state index >= 15 is 0 Å². The van der Waals surface area contributed by atoms with E-state index in [1.54, 1.807) is 30.3 Å². The van der Waals surface area contributed by atoms with Crippen LogP contribution in [-0.2, 0) is 19.6 Å². The predicted octanol–water partition coefficient (Wildman–Crippen LogP) is 2.42. The van der Waals surface area contributed by atoms with Gasteiger partial charge < -0.3 is 10.1 Å². The fourth-order valence-corrected chi connectivity index (χ4v) is 4.92. The number of rotatable bonds is 5. The van der Waals surface area contributed by atoms with Gasteiger partial charge in [0.25, 0.3) is 0 Å². The lowest BCUT2D eigenvalue weighted by Crippen LogP contribution is -2.40. The van der Waals surface area contributed by atoms with Crippen LogP contribution in [0.4, 0.5) is 0 Å². The van der Waals surface area contributed by atoms with Crippen LogP contribution in [0.2, 0.25) is 0 Å². The molecule has 0 spiro atoms. The number of carbonyl (C=O) groups excluding carboxylic acids is 1. The molecule has 0 atom stereocenters. The average molecular weight is 393 g/mol. The minimum atomic E-state index is -3.48. The molecule has 1 aliphatic carbocycles. The van der Waals surface area contributed by atoms with E-state index in [9.17, 15) is 13.2 Å². The fourth-order valence-electron chi connectivity index (χ4n) is 3.51. The number of amides is 1. The van der Waals surface area contributed by atoms with E-state index in [0.717, 1.165) is 37.2 Å². The first-order chi connectivity index (χ1) is 12.9. The Labute approximate surface area is 161 Å². The summed E-state index contributed by atoms with van der Waals surface area (Å²) in [6.45, 7) is 3.86. The lowest BCUT2D eigenvalue weighted by molar-refractivity contribution is -0.117. The number of sulfonamides is 1. The van der Waals surface area contributed by atoms with Gasteiger partial charge in [0, 0.05) is 25.2 Å². The molecular formula is C20H28N2O4S. The van der Waals surface area contributed by atoms with E-state index in [1.165, 1.54) is 10.4 Å². The fraction of sp³-hybridized carbons (Fsp3) is 0.550. The minimum absolute atomic E-state index is 0.0976. The van der Waals surface area contributed by atoms with Crippen molar-refractivity contribution in [3.05, 3.63) is 35.9 Å². The standard InChI is InChI=1S/C20H28N2O4S/c1-16-2-7-18(8-3-16)21-20(23)11-6-17-4-9-19(10-5-17)27(24,25)22-12-14-26-15-13-22/h4-6,9-11,16,18H,2-3,7-8,12-15H2,1H3,(H,21,23)/b11-6+. The predicted molar refractivity (Wildman–Crippen MR) is 105 cm³/mol. The van der Waals surface area contributed by atoms with Crippen molar-refractivity contribution in [2.75, 3.05) is 26.3 Å². The first-order valence-corrected chi connectivity index (χ1v) is 11.1. The number of hydrogen-bond donors (Lipinski definition) is 1. The van der Waals surface area contributed by atoms with E-state index in [0.29, 0.717) is 26.3 Å². The van der Waals surface area contributed by atoms with Crippen molar-refractivity contribution in [3.63, 3.8) is 0 Å². The number of carbonyl (C=O) groups is 1. The second kappa shape index (κ2) is 8.99. The summed E-state index contributed by atoms with van der Waals surface area (Å²) in [4.78, 5) is 12.4. The molecule has 148 valence electrons. The first-order valence-electron chi connectivity index (χ1n) is 9.62. The number of ether oxygens (including phenoxy) is 1. The highest BCUT2D eigenvalue weighted by Crippen LogP contribution is 2.23. The van der Waals surface area contributed by atoms with E-state index in [-0.39, 0.29) is 16.8 Å². The van der Waals surface area contributed by atoms with Crippen LogP contribution in [0.15, 0.2) is 35.2 Å². The normalized spacial score (nSPS) is 24.8. The monoisotopic (exact) mass is 392 g/mol. The Hall–Kier alpha value is -1.70. The maximum atomic E-state index is 12.6. The SMILES string of the molecule is CC1CCC(NC(=O)/C=C/c2ccc(S(=O)(=O)N3CCOCC3)cc2)CC1. The van der Waals surface area contributed by atoms with E-state index in [4.69, 9.17) is 4.74 Å². The molecular weight excluding hydrogens is 364 g/mol. The summed E-state index contributed by atoms with van der Waals surface area (Å²) in [7, 11) is -3.48. The van der Waals surface area contributed by atoms with Crippen molar-refractivity contribution in [1.82, 2.24) is 9.62 Å². The van der Waals surface area contributed by atoms with E-state index in [2.05, 4.69) is 12.2 Å². The van der Waals surface area contributed by atoms with Crippen molar-refractivity contribution >= 4 is 22.0 Å². The molecule has 27 heavy (non-hydrogen) atoms. The zero-order valence-electron chi connectivity index (χ0n) is 15.8. The summed E-state index contributed by atoms with van der Waals surface area (Å²) in [5.74, 6) is 0.653. The molecule has 6 nitrogen and oxygen atoms in total. The molecule has 1 aromatic carbocycles. The van der Waals surface area contributed by atoms with Gasteiger partial charge in [-0.15, -0.1) is 0 Å². The molecule has 0 aromatic heterocycles. The molecule has 1 saturated heterocycles. The molecule has 1 saturated carbocycles.